The van der Waals surface area contributed by atoms with Crippen LogP contribution in [0.4, 0.5) is 15.9 Å². The minimum absolute atomic E-state index is 0.264. The van der Waals surface area contributed by atoms with Crippen molar-refractivity contribution in [2.24, 2.45) is 0 Å². The second-order valence-electron chi connectivity index (χ2n) is 4.96. The number of aromatic nitrogens is 2. The average Bonchev–Trinajstić information content (AvgIpc) is 2.45. The van der Waals surface area contributed by atoms with Crippen LogP contribution >= 0.6 is 0 Å². The van der Waals surface area contributed by atoms with Gasteiger partial charge >= 0.3 is 0 Å². The maximum Gasteiger partial charge on any atom is 0.155 e. The predicted molar refractivity (Wildman–Crippen MR) is 78.5 cm³/mol. The van der Waals surface area contributed by atoms with Gasteiger partial charge in [0.05, 0.1) is 5.69 Å². The first-order chi connectivity index (χ1) is 9.56. The molecule has 0 saturated carbocycles. The molecule has 0 aliphatic carbocycles. The van der Waals surface area contributed by atoms with Crippen LogP contribution in [-0.2, 0) is 6.54 Å². The molecule has 0 aliphatic heterocycles. The first-order valence-corrected chi connectivity index (χ1v) is 6.61. The maximum absolute atomic E-state index is 13.2. The van der Waals surface area contributed by atoms with Crippen LogP contribution in [0.25, 0.3) is 0 Å². The zero-order chi connectivity index (χ0) is 14.5. The Kier molecular flexibility index (Phi) is 4.63. The van der Waals surface area contributed by atoms with E-state index in [0.717, 1.165) is 11.4 Å². The highest BCUT2D eigenvalue weighted by atomic mass is 19.1. The van der Waals surface area contributed by atoms with Gasteiger partial charge in [0.15, 0.2) is 5.82 Å². The number of benzene rings is 1. The predicted octanol–water partition coefficient (Wildman–Crippen LogP) is 2.88. The molecule has 5 heteroatoms. The fraction of sp³-hybridized carbons (Fsp3) is 0.333. The number of hydrogen-bond acceptors (Lipinski definition) is 4. The van der Waals surface area contributed by atoms with Gasteiger partial charge in [-0.1, -0.05) is 19.9 Å². The molecule has 0 amide bonds. The third-order valence-electron chi connectivity index (χ3n) is 2.94. The molecule has 106 valence electrons. The number of halogens is 1. The summed E-state index contributed by atoms with van der Waals surface area (Å²) in [4.78, 5) is 1.80. The summed E-state index contributed by atoms with van der Waals surface area (Å²) < 4.78 is 13.2. The van der Waals surface area contributed by atoms with Crippen LogP contribution in [0, 0.1) is 5.82 Å². The van der Waals surface area contributed by atoms with Crippen molar-refractivity contribution in [3.8, 4) is 0 Å². The van der Waals surface area contributed by atoms with Crippen LogP contribution in [0.2, 0.25) is 0 Å². The molecular formula is C15H19FN4. The van der Waals surface area contributed by atoms with Crippen LogP contribution < -0.4 is 10.2 Å². The van der Waals surface area contributed by atoms with E-state index in [9.17, 15) is 4.39 Å². The van der Waals surface area contributed by atoms with Crippen molar-refractivity contribution >= 4 is 11.5 Å². The van der Waals surface area contributed by atoms with E-state index in [0.29, 0.717) is 18.4 Å². The highest BCUT2D eigenvalue weighted by Crippen LogP contribution is 2.21. The van der Waals surface area contributed by atoms with Gasteiger partial charge in [0.2, 0.25) is 0 Å². The summed E-state index contributed by atoms with van der Waals surface area (Å²) in [7, 11) is 1.84. The van der Waals surface area contributed by atoms with Gasteiger partial charge < -0.3 is 10.2 Å². The molecule has 20 heavy (non-hydrogen) atoms. The SMILES string of the molecule is CC(C)NCc1ccc(N(C)c2cccc(F)c2)nn1. The highest BCUT2D eigenvalue weighted by molar-refractivity contribution is 5.58. The van der Waals surface area contributed by atoms with Gasteiger partial charge in [0.1, 0.15) is 5.82 Å². The normalized spacial score (nSPS) is 10.8. The summed E-state index contributed by atoms with van der Waals surface area (Å²) in [5.41, 5.74) is 1.63. The second kappa shape index (κ2) is 6.43. The van der Waals surface area contributed by atoms with Gasteiger partial charge in [-0.05, 0) is 30.3 Å². The van der Waals surface area contributed by atoms with Crippen molar-refractivity contribution < 1.29 is 4.39 Å². The molecule has 0 saturated heterocycles. The molecule has 4 nitrogen and oxygen atoms in total. The van der Waals surface area contributed by atoms with Crippen molar-refractivity contribution in [3.63, 3.8) is 0 Å². The third-order valence-corrected chi connectivity index (χ3v) is 2.94. The summed E-state index contributed by atoms with van der Waals surface area (Å²) >= 11 is 0. The third kappa shape index (κ3) is 3.74. The van der Waals surface area contributed by atoms with Crippen LogP contribution in [0.15, 0.2) is 36.4 Å². The first-order valence-electron chi connectivity index (χ1n) is 6.61. The number of nitrogens with one attached hydrogen (secondary N) is 1. The lowest BCUT2D eigenvalue weighted by Gasteiger charge is -2.18. The molecule has 1 heterocycles. The standard InChI is InChI=1S/C15H19FN4/c1-11(2)17-10-13-7-8-15(19-18-13)20(3)14-6-4-5-12(16)9-14/h4-9,11,17H,10H2,1-3H3. The van der Waals surface area contributed by atoms with Crippen LogP contribution in [0.5, 0.6) is 0 Å². The largest absolute Gasteiger partial charge is 0.328 e. The zero-order valence-electron chi connectivity index (χ0n) is 12.0. The van der Waals surface area contributed by atoms with Gasteiger partial charge in [-0.15, -0.1) is 5.10 Å². The number of rotatable bonds is 5. The Labute approximate surface area is 118 Å². The van der Waals surface area contributed by atoms with Crippen molar-refractivity contribution in [1.82, 2.24) is 15.5 Å². The van der Waals surface area contributed by atoms with E-state index >= 15 is 0 Å². The summed E-state index contributed by atoms with van der Waals surface area (Å²) in [5, 5.41) is 11.6. The Bertz CT molecular complexity index is 554. The Morgan fingerprint density at radius 1 is 1.20 bits per heavy atom. The fourth-order valence-electron chi connectivity index (χ4n) is 1.75. The van der Waals surface area contributed by atoms with Gasteiger partial charge in [-0.2, -0.15) is 5.10 Å². The number of hydrogen-bond donors (Lipinski definition) is 1. The van der Waals surface area contributed by atoms with E-state index in [2.05, 4.69) is 29.4 Å². The van der Waals surface area contributed by atoms with E-state index in [-0.39, 0.29) is 5.82 Å². The summed E-state index contributed by atoms with van der Waals surface area (Å²) in [5.74, 6) is 0.420. The molecule has 0 radical (unpaired) electrons. The van der Waals surface area contributed by atoms with Crippen molar-refractivity contribution in [2.75, 3.05) is 11.9 Å². The summed E-state index contributed by atoms with van der Waals surface area (Å²) in [6.07, 6.45) is 0. The monoisotopic (exact) mass is 274 g/mol. The molecule has 1 N–H and O–H groups in total. The molecule has 0 aliphatic rings. The fourth-order valence-corrected chi connectivity index (χ4v) is 1.75. The molecule has 0 bridgehead atoms. The maximum atomic E-state index is 13.2. The van der Waals surface area contributed by atoms with Gasteiger partial charge in [0, 0.05) is 25.3 Å². The smallest absolute Gasteiger partial charge is 0.155 e. The number of anilines is 2. The van der Waals surface area contributed by atoms with Crippen molar-refractivity contribution in [2.45, 2.75) is 26.4 Å². The lowest BCUT2D eigenvalue weighted by molar-refractivity contribution is 0.577. The van der Waals surface area contributed by atoms with E-state index in [1.807, 2.05) is 25.2 Å². The lowest BCUT2D eigenvalue weighted by Crippen LogP contribution is -2.22. The topological polar surface area (TPSA) is 41.0 Å². The average molecular weight is 274 g/mol. The Balaban J connectivity index is 2.09. The Morgan fingerprint density at radius 3 is 2.60 bits per heavy atom. The Morgan fingerprint density at radius 2 is 2.00 bits per heavy atom. The van der Waals surface area contributed by atoms with E-state index < -0.39 is 0 Å². The van der Waals surface area contributed by atoms with Gasteiger partial charge in [-0.25, -0.2) is 4.39 Å². The van der Waals surface area contributed by atoms with Crippen molar-refractivity contribution in [3.05, 3.63) is 47.9 Å². The zero-order valence-corrected chi connectivity index (χ0v) is 12.0. The number of nitrogens with zero attached hydrogens (tertiary/aromatic N) is 3. The molecule has 0 unspecified atom stereocenters. The van der Waals surface area contributed by atoms with Gasteiger partial charge in [0.25, 0.3) is 0 Å². The van der Waals surface area contributed by atoms with E-state index in [1.54, 1.807) is 11.0 Å². The molecule has 1 aromatic heterocycles. The second-order valence-corrected chi connectivity index (χ2v) is 4.96. The van der Waals surface area contributed by atoms with Crippen LogP contribution in [-0.4, -0.2) is 23.3 Å². The molecule has 0 spiro atoms. The van der Waals surface area contributed by atoms with Crippen LogP contribution in [0.1, 0.15) is 19.5 Å². The van der Waals surface area contributed by atoms with Crippen LogP contribution in [0.3, 0.4) is 0 Å². The minimum Gasteiger partial charge on any atom is -0.328 e. The molecule has 1 aromatic carbocycles. The van der Waals surface area contributed by atoms with Crippen molar-refractivity contribution in [1.29, 1.82) is 0 Å². The molecule has 2 rings (SSSR count). The molecule has 0 atom stereocenters. The first kappa shape index (κ1) is 14.4. The molecule has 0 fully saturated rings. The van der Waals surface area contributed by atoms with Gasteiger partial charge in [-0.3, -0.25) is 0 Å². The summed E-state index contributed by atoms with van der Waals surface area (Å²) in [6.45, 7) is 4.85. The quantitative estimate of drug-likeness (QED) is 0.910. The van der Waals surface area contributed by atoms with E-state index in [4.69, 9.17) is 0 Å². The lowest BCUT2D eigenvalue weighted by atomic mass is 10.3. The summed E-state index contributed by atoms with van der Waals surface area (Å²) in [6, 6.07) is 10.6. The highest BCUT2D eigenvalue weighted by Gasteiger charge is 2.07. The molecular weight excluding hydrogens is 255 g/mol. The van der Waals surface area contributed by atoms with E-state index in [1.165, 1.54) is 12.1 Å². The molecule has 2 aromatic rings. The minimum atomic E-state index is -0.264. The Hall–Kier alpha value is -2.01.